The normalized spacial score (nSPS) is 9.36. The molecule has 0 bridgehead atoms. The Kier molecular flexibility index (Phi) is 4.77. The smallest absolute Gasteiger partial charge is 0.273 e. The average Bonchev–Trinajstić information content (AvgIpc) is 1.98. The van der Waals surface area contributed by atoms with E-state index in [0.29, 0.717) is 11.3 Å². The number of amides is 2. The van der Waals surface area contributed by atoms with Crippen molar-refractivity contribution in [3.8, 4) is 0 Å². The van der Waals surface area contributed by atoms with Gasteiger partial charge in [-0.05, 0) is 6.42 Å². The minimum absolute atomic E-state index is 0.0842. The average molecular weight is 182 g/mol. The molecule has 0 atom stereocenters. The minimum atomic E-state index is -1.74. The van der Waals surface area contributed by atoms with E-state index in [-0.39, 0.29) is 12.4 Å². The van der Waals surface area contributed by atoms with Gasteiger partial charge in [-0.2, -0.15) is 0 Å². The third-order valence-corrected chi connectivity index (χ3v) is 1.30. The van der Waals surface area contributed by atoms with E-state index < -0.39 is 12.1 Å². The SMILES string of the molecule is CCCN(C(=O)F)C(=O)CCl. The van der Waals surface area contributed by atoms with Gasteiger partial charge in [-0.3, -0.25) is 9.69 Å². The van der Waals surface area contributed by atoms with Gasteiger partial charge in [0.05, 0.1) is 0 Å². The van der Waals surface area contributed by atoms with E-state index >= 15 is 0 Å². The van der Waals surface area contributed by atoms with Crippen LogP contribution in [0.2, 0.25) is 0 Å². The summed E-state index contributed by atoms with van der Waals surface area (Å²) >= 11 is 5.12. The minimum Gasteiger partial charge on any atom is -0.273 e. The Balaban J connectivity index is 4.09. The van der Waals surface area contributed by atoms with Crippen molar-refractivity contribution in [3.63, 3.8) is 0 Å². The van der Waals surface area contributed by atoms with Crippen molar-refractivity contribution in [2.24, 2.45) is 0 Å². The highest BCUT2D eigenvalue weighted by Crippen LogP contribution is 1.97. The first-order valence-corrected chi connectivity index (χ1v) is 3.72. The maximum Gasteiger partial charge on any atom is 0.406 e. The van der Waals surface area contributed by atoms with Gasteiger partial charge in [0, 0.05) is 6.54 Å². The molecule has 0 N–H and O–H groups in total. The summed E-state index contributed by atoms with van der Waals surface area (Å²) in [6.07, 6.45) is -1.21. The van der Waals surface area contributed by atoms with E-state index in [1.54, 1.807) is 6.92 Å². The number of carbonyl (C=O) groups excluding carboxylic acids is 2. The predicted molar refractivity (Wildman–Crippen MR) is 39.2 cm³/mol. The molecule has 0 saturated heterocycles. The van der Waals surface area contributed by atoms with Crippen molar-refractivity contribution >= 4 is 23.7 Å². The van der Waals surface area contributed by atoms with Crippen molar-refractivity contribution in [3.05, 3.63) is 0 Å². The molecule has 0 rings (SSSR count). The topological polar surface area (TPSA) is 37.4 Å². The summed E-state index contributed by atoms with van der Waals surface area (Å²) in [5, 5.41) is 0. The first kappa shape index (κ1) is 10.4. The first-order chi connectivity index (χ1) is 5.13. The molecule has 11 heavy (non-hydrogen) atoms. The third-order valence-electron chi connectivity index (χ3n) is 1.07. The Labute approximate surface area is 69.1 Å². The Hall–Kier alpha value is -0.640. The van der Waals surface area contributed by atoms with Crippen LogP contribution in [-0.2, 0) is 4.79 Å². The largest absolute Gasteiger partial charge is 0.406 e. The van der Waals surface area contributed by atoms with Crippen molar-refractivity contribution in [1.29, 1.82) is 0 Å². The molecule has 0 aliphatic rings. The van der Waals surface area contributed by atoms with Crippen LogP contribution < -0.4 is 0 Å². The van der Waals surface area contributed by atoms with Crippen LogP contribution in [0.5, 0.6) is 0 Å². The lowest BCUT2D eigenvalue weighted by molar-refractivity contribution is -0.126. The molecule has 3 nitrogen and oxygen atoms in total. The summed E-state index contributed by atoms with van der Waals surface area (Å²) in [7, 11) is 0. The van der Waals surface area contributed by atoms with Gasteiger partial charge in [0.15, 0.2) is 0 Å². The molecule has 0 spiro atoms. The molecule has 0 fully saturated rings. The monoisotopic (exact) mass is 181 g/mol. The number of halogens is 2. The zero-order valence-electron chi connectivity index (χ0n) is 6.14. The van der Waals surface area contributed by atoms with Gasteiger partial charge in [-0.15, -0.1) is 16.0 Å². The Morgan fingerprint density at radius 1 is 1.55 bits per heavy atom. The Morgan fingerprint density at radius 3 is 2.36 bits per heavy atom. The van der Waals surface area contributed by atoms with Crippen molar-refractivity contribution in [2.75, 3.05) is 12.4 Å². The molecule has 64 valence electrons. The quantitative estimate of drug-likeness (QED) is 0.376. The van der Waals surface area contributed by atoms with E-state index in [9.17, 15) is 14.0 Å². The Morgan fingerprint density at radius 2 is 2.09 bits per heavy atom. The maximum absolute atomic E-state index is 12.0. The first-order valence-electron chi connectivity index (χ1n) is 3.19. The maximum atomic E-state index is 12.0. The molecule has 0 radical (unpaired) electrons. The lowest BCUT2D eigenvalue weighted by atomic mass is 10.4. The molecular weight excluding hydrogens is 173 g/mol. The van der Waals surface area contributed by atoms with Gasteiger partial charge in [0.1, 0.15) is 5.88 Å². The molecule has 0 aromatic rings. The second-order valence-electron chi connectivity index (χ2n) is 1.93. The fourth-order valence-electron chi connectivity index (χ4n) is 0.606. The van der Waals surface area contributed by atoms with Crippen LogP contribution in [0.15, 0.2) is 0 Å². The second kappa shape index (κ2) is 5.07. The van der Waals surface area contributed by atoms with Crippen LogP contribution in [0, 0.1) is 0 Å². The summed E-state index contributed by atoms with van der Waals surface area (Å²) in [4.78, 5) is 21.3. The molecule has 5 heteroatoms. The van der Waals surface area contributed by atoms with Gasteiger partial charge in [-0.1, -0.05) is 6.92 Å². The molecule has 0 aromatic heterocycles. The number of carbonyl (C=O) groups is 2. The fraction of sp³-hybridized carbons (Fsp3) is 0.667. The van der Waals surface area contributed by atoms with Crippen LogP contribution >= 0.6 is 11.6 Å². The van der Waals surface area contributed by atoms with E-state index in [1.807, 2.05) is 0 Å². The highest BCUT2D eigenvalue weighted by Gasteiger charge is 2.18. The fourth-order valence-corrected chi connectivity index (χ4v) is 0.751. The molecule has 0 aliphatic heterocycles. The molecule has 0 unspecified atom stereocenters. The highest BCUT2D eigenvalue weighted by molar-refractivity contribution is 6.28. The number of imide groups is 1. The van der Waals surface area contributed by atoms with E-state index in [4.69, 9.17) is 11.6 Å². The van der Waals surface area contributed by atoms with Crippen LogP contribution in [-0.4, -0.2) is 29.4 Å². The van der Waals surface area contributed by atoms with Gasteiger partial charge in [0.2, 0.25) is 5.91 Å². The summed E-state index contributed by atoms with van der Waals surface area (Å²) in [6.45, 7) is 1.82. The highest BCUT2D eigenvalue weighted by atomic mass is 35.5. The zero-order chi connectivity index (χ0) is 8.85. The van der Waals surface area contributed by atoms with Gasteiger partial charge >= 0.3 is 6.16 Å². The molecule has 2 amide bonds. The van der Waals surface area contributed by atoms with Gasteiger partial charge in [0.25, 0.3) is 0 Å². The van der Waals surface area contributed by atoms with Crippen LogP contribution in [0.25, 0.3) is 0 Å². The van der Waals surface area contributed by atoms with Crippen LogP contribution in [0.1, 0.15) is 13.3 Å². The van der Waals surface area contributed by atoms with Crippen molar-refractivity contribution < 1.29 is 14.0 Å². The zero-order valence-corrected chi connectivity index (χ0v) is 6.90. The van der Waals surface area contributed by atoms with Gasteiger partial charge < -0.3 is 0 Å². The number of hydrogen-bond donors (Lipinski definition) is 0. The van der Waals surface area contributed by atoms with E-state index in [0.717, 1.165) is 0 Å². The van der Waals surface area contributed by atoms with Crippen LogP contribution in [0.4, 0.5) is 9.18 Å². The number of nitrogens with zero attached hydrogens (tertiary/aromatic N) is 1. The molecule has 0 aliphatic carbocycles. The van der Waals surface area contributed by atoms with E-state index in [2.05, 4.69) is 0 Å². The third kappa shape index (κ3) is 3.32. The predicted octanol–water partition coefficient (Wildman–Crippen LogP) is 1.55. The Bertz CT molecular complexity index is 163. The molecule has 0 aromatic carbocycles. The van der Waals surface area contributed by atoms with Gasteiger partial charge in [-0.25, -0.2) is 4.79 Å². The standard InChI is InChI=1S/C6H9ClFNO2/c1-2-3-9(6(8)11)5(10)4-7/h2-4H2,1H3. The molecule has 0 saturated carbocycles. The molecular formula is C6H9ClFNO2. The van der Waals surface area contributed by atoms with Crippen molar-refractivity contribution in [2.45, 2.75) is 13.3 Å². The van der Waals surface area contributed by atoms with Crippen LogP contribution in [0.3, 0.4) is 0 Å². The molecule has 0 heterocycles. The second-order valence-corrected chi connectivity index (χ2v) is 2.20. The van der Waals surface area contributed by atoms with E-state index in [1.165, 1.54) is 0 Å². The number of hydrogen-bond acceptors (Lipinski definition) is 2. The lowest BCUT2D eigenvalue weighted by Crippen LogP contribution is -2.35. The number of rotatable bonds is 3. The van der Waals surface area contributed by atoms with Crippen molar-refractivity contribution in [1.82, 2.24) is 4.90 Å². The lowest BCUT2D eigenvalue weighted by Gasteiger charge is -2.13. The summed E-state index contributed by atoms with van der Waals surface area (Å²) in [6, 6.07) is 0. The number of alkyl halides is 1. The summed E-state index contributed by atoms with van der Waals surface area (Å²) in [5.74, 6) is -1.06. The summed E-state index contributed by atoms with van der Waals surface area (Å²) in [5.41, 5.74) is 0. The summed E-state index contributed by atoms with van der Waals surface area (Å²) < 4.78 is 12.0.